The van der Waals surface area contributed by atoms with Crippen molar-refractivity contribution in [2.24, 2.45) is 0 Å². The van der Waals surface area contributed by atoms with Crippen LogP contribution < -0.4 is 0 Å². The van der Waals surface area contributed by atoms with Crippen LogP contribution in [-0.4, -0.2) is 9.38 Å². The van der Waals surface area contributed by atoms with Crippen LogP contribution in [0.15, 0.2) is 60.7 Å². The standard InChI is InChI=1S/C19H16N2/c1-13-14(2)21-18(15-8-4-3-5-9-15)12-16-10-6-7-11-17(16)19(21)20-13/h3-12H,1-2H3. The Morgan fingerprint density at radius 2 is 1.57 bits per heavy atom. The second-order valence-corrected chi connectivity index (χ2v) is 5.42. The molecule has 2 heteroatoms. The lowest BCUT2D eigenvalue weighted by molar-refractivity contribution is 1.11. The van der Waals surface area contributed by atoms with Crippen molar-refractivity contribution in [1.82, 2.24) is 9.38 Å². The van der Waals surface area contributed by atoms with Crippen LogP contribution in [0.25, 0.3) is 27.7 Å². The predicted octanol–water partition coefficient (Wildman–Crippen LogP) is 4.77. The highest BCUT2D eigenvalue weighted by molar-refractivity contribution is 5.97. The van der Waals surface area contributed by atoms with Gasteiger partial charge in [0.25, 0.3) is 0 Å². The van der Waals surface area contributed by atoms with E-state index in [-0.39, 0.29) is 0 Å². The van der Waals surface area contributed by atoms with E-state index in [0.717, 1.165) is 11.3 Å². The highest BCUT2D eigenvalue weighted by atomic mass is 15.0. The van der Waals surface area contributed by atoms with Gasteiger partial charge in [-0.3, -0.25) is 4.40 Å². The van der Waals surface area contributed by atoms with Crippen molar-refractivity contribution >= 4 is 16.4 Å². The van der Waals surface area contributed by atoms with Gasteiger partial charge in [0, 0.05) is 11.1 Å². The van der Waals surface area contributed by atoms with Gasteiger partial charge in [-0.05, 0) is 30.9 Å². The van der Waals surface area contributed by atoms with Crippen molar-refractivity contribution in [3.63, 3.8) is 0 Å². The molecule has 0 N–H and O–H groups in total. The van der Waals surface area contributed by atoms with Gasteiger partial charge in [-0.25, -0.2) is 4.98 Å². The SMILES string of the molecule is Cc1nc2c3ccccc3cc(-c3ccccc3)n2c1C. The Balaban J connectivity index is 2.23. The van der Waals surface area contributed by atoms with Gasteiger partial charge in [0.05, 0.1) is 11.4 Å². The van der Waals surface area contributed by atoms with Crippen molar-refractivity contribution in [1.29, 1.82) is 0 Å². The van der Waals surface area contributed by atoms with E-state index in [4.69, 9.17) is 4.98 Å². The number of imidazole rings is 1. The molecule has 4 rings (SSSR count). The second-order valence-electron chi connectivity index (χ2n) is 5.42. The molecule has 0 spiro atoms. The van der Waals surface area contributed by atoms with Crippen LogP contribution in [0.1, 0.15) is 11.4 Å². The first-order valence-corrected chi connectivity index (χ1v) is 7.18. The first-order chi connectivity index (χ1) is 10.3. The van der Waals surface area contributed by atoms with Gasteiger partial charge in [0.15, 0.2) is 0 Å². The number of aromatic nitrogens is 2. The summed E-state index contributed by atoms with van der Waals surface area (Å²) in [5.41, 5.74) is 5.75. The van der Waals surface area contributed by atoms with Gasteiger partial charge >= 0.3 is 0 Å². The van der Waals surface area contributed by atoms with Crippen molar-refractivity contribution in [3.8, 4) is 11.3 Å². The molecule has 2 heterocycles. The van der Waals surface area contributed by atoms with Gasteiger partial charge in [-0.15, -0.1) is 0 Å². The third-order valence-electron chi connectivity index (χ3n) is 4.15. The molecule has 0 aliphatic rings. The highest BCUT2D eigenvalue weighted by Gasteiger charge is 2.13. The van der Waals surface area contributed by atoms with Gasteiger partial charge in [0.1, 0.15) is 5.65 Å². The number of nitrogens with zero attached hydrogens (tertiary/aromatic N) is 2. The molecule has 2 nitrogen and oxygen atoms in total. The summed E-state index contributed by atoms with van der Waals surface area (Å²) in [4.78, 5) is 4.79. The minimum absolute atomic E-state index is 1.04. The quantitative estimate of drug-likeness (QED) is 0.488. The Morgan fingerprint density at radius 1 is 0.857 bits per heavy atom. The number of rotatable bonds is 1. The lowest BCUT2D eigenvalue weighted by atomic mass is 10.1. The molecule has 102 valence electrons. The fourth-order valence-corrected chi connectivity index (χ4v) is 2.95. The number of fused-ring (bicyclic) bond motifs is 3. The lowest BCUT2D eigenvalue weighted by Crippen LogP contribution is -1.95. The molecule has 0 amide bonds. The normalized spacial score (nSPS) is 11.3. The monoisotopic (exact) mass is 272 g/mol. The van der Waals surface area contributed by atoms with E-state index in [1.165, 1.54) is 27.7 Å². The summed E-state index contributed by atoms with van der Waals surface area (Å²) in [6.07, 6.45) is 0. The average molecular weight is 272 g/mol. The zero-order valence-electron chi connectivity index (χ0n) is 12.2. The van der Waals surface area contributed by atoms with Crippen molar-refractivity contribution in [3.05, 3.63) is 72.1 Å². The summed E-state index contributed by atoms with van der Waals surface area (Å²) >= 11 is 0. The minimum Gasteiger partial charge on any atom is -0.296 e. The van der Waals surface area contributed by atoms with E-state index in [2.05, 4.69) is 72.8 Å². The Morgan fingerprint density at radius 3 is 2.38 bits per heavy atom. The molecule has 0 unspecified atom stereocenters. The predicted molar refractivity (Wildman–Crippen MR) is 87.6 cm³/mol. The summed E-state index contributed by atoms with van der Waals surface area (Å²) in [6, 6.07) is 21.2. The van der Waals surface area contributed by atoms with Gasteiger partial charge in [-0.1, -0.05) is 54.6 Å². The van der Waals surface area contributed by atoms with E-state index in [9.17, 15) is 0 Å². The zero-order valence-corrected chi connectivity index (χ0v) is 12.2. The molecular weight excluding hydrogens is 256 g/mol. The fraction of sp³-hybridized carbons (Fsp3) is 0.105. The Bertz CT molecular complexity index is 950. The van der Waals surface area contributed by atoms with Crippen LogP contribution in [0.2, 0.25) is 0 Å². The summed E-state index contributed by atoms with van der Waals surface area (Å²) in [5, 5.41) is 2.43. The van der Waals surface area contributed by atoms with Crippen LogP contribution in [-0.2, 0) is 0 Å². The van der Waals surface area contributed by atoms with Crippen LogP contribution in [0.5, 0.6) is 0 Å². The summed E-state index contributed by atoms with van der Waals surface area (Å²) in [7, 11) is 0. The van der Waals surface area contributed by atoms with E-state index >= 15 is 0 Å². The van der Waals surface area contributed by atoms with Crippen molar-refractivity contribution < 1.29 is 0 Å². The molecule has 4 aromatic rings. The summed E-state index contributed by atoms with van der Waals surface area (Å²) in [5.74, 6) is 0. The molecule has 0 aliphatic carbocycles. The lowest BCUT2D eigenvalue weighted by Gasteiger charge is -2.10. The first kappa shape index (κ1) is 12.2. The van der Waals surface area contributed by atoms with Gasteiger partial charge < -0.3 is 0 Å². The molecule has 0 bridgehead atoms. The third kappa shape index (κ3) is 1.76. The zero-order chi connectivity index (χ0) is 14.4. The third-order valence-corrected chi connectivity index (χ3v) is 4.15. The van der Waals surface area contributed by atoms with Crippen LogP contribution >= 0.6 is 0 Å². The first-order valence-electron chi connectivity index (χ1n) is 7.18. The summed E-state index contributed by atoms with van der Waals surface area (Å²) in [6.45, 7) is 4.21. The molecule has 0 saturated heterocycles. The Labute approximate surface area is 123 Å². The van der Waals surface area contributed by atoms with Crippen molar-refractivity contribution in [2.45, 2.75) is 13.8 Å². The number of hydrogen-bond acceptors (Lipinski definition) is 1. The van der Waals surface area contributed by atoms with E-state index in [1.54, 1.807) is 0 Å². The largest absolute Gasteiger partial charge is 0.296 e. The van der Waals surface area contributed by atoms with Crippen LogP contribution in [0, 0.1) is 13.8 Å². The topological polar surface area (TPSA) is 17.3 Å². The molecular formula is C19H16N2. The average Bonchev–Trinajstić information content (AvgIpc) is 2.83. The maximum atomic E-state index is 4.79. The van der Waals surface area contributed by atoms with E-state index in [0.29, 0.717) is 0 Å². The van der Waals surface area contributed by atoms with Crippen molar-refractivity contribution in [2.75, 3.05) is 0 Å². The number of hydrogen-bond donors (Lipinski definition) is 0. The molecule has 2 aromatic carbocycles. The number of aryl methyl sites for hydroxylation is 2. The Hall–Kier alpha value is -2.61. The van der Waals surface area contributed by atoms with Crippen LogP contribution in [0.4, 0.5) is 0 Å². The van der Waals surface area contributed by atoms with Gasteiger partial charge in [0.2, 0.25) is 0 Å². The molecule has 0 saturated carbocycles. The number of pyridine rings is 1. The minimum atomic E-state index is 1.04. The second kappa shape index (κ2) is 4.45. The smallest absolute Gasteiger partial charge is 0.145 e. The molecule has 0 fully saturated rings. The molecule has 21 heavy (non-hydrogen) atoms. The molecule has 0 radical (unpaired) electrons. The van der Waals surface area contributed by atoms with Gasteiger partial charge in [-0.2, -0.15) is 0 Å². The van der Waals surface area contributed by atoms with Crippen LogP contribution in [0.3, 0.4) is 0 Å². The Kier molecular flexibility index (Phi) is 2.58. The number of benzene rings is 2. The fourth-order valence-electron chi connectivity index (χ4n) is 2.95. The maximum absolute atomic E-state index is 4.79. The maximum Gasteiger partial charge on any atom is 0.145 e. The van der Waals surface area contributed by atoms with E-state index < -0.39 is 0 Å². The molecule has 0 aliphatic heterocycles. The highest BCUT2D eigenvalue weighted by Crippen LogP contribution is 2.30. The summed E-state index contributed by atoms with van der Waals surface area (Å²) < 4.78 is 2.27. The van der Waals surface area contributed by atoms with E-state index in [1.807, 2.05) is 6.07 Å². The molecule has 0 atom stereocenters. The molecule has 2 aromatic heterocycles.